The lowest BCUT2D eigenvalue weighted by Gasteiger charge is -2.12. The average Bonchev–Trinajstić information content (AvgIpc) is 2.50. The van der Waals surface area contributed by atoms with Gasteiger partial charge >= 0.3 is 0 Å². The Morgan fingerprint density at radius 3 is 2.57 bits per heavy atom. The fourth-order valence-electron chi connectivity index (χ4n) is 2.02. The van der Waals surface area contributed by atoms with Crippen molar-refractivity contribution in [3.63, 3.8) is 0 Å². The molecule has 1 aromatic heterocycles. The van der Waals surface area contributed by atoms with Crippen molar-refractivity contribution in [3.8, 4) is 17.7 Å². The van der Waals surface area contributed by atoms with Crippen LogP contribution >= 0.6 is 0 Å². The molecule has 0 aliphatic carbocycles. The lowest BCUT2D eigenvalue weighted by Crippen LogP contribution is -2.17. The van der Waals surface area contributed by atoms with Crippen LogP contribution in [0.4, 0.5) is 0 Å². The van der Waals surface area contributed by atoms with E-state index in [4.69, 9.17) is 10.00 Å². The van der Waals surface area contributed by atoms with Crippen LogP contribution in [0.3, 0.4) is 0 Å². The van der Waals surface area contributed by atoms with Gasteiger partial charge in [-0.05, 0) is 36.7 Å². The number of nitrogens with zero attached hydrogens (tertiary/aromatic N) is 2. The fourth-order valence-corrected chi connectivity index (χ4v) is 2.02. The monoisotopic (exact) mass is 281 g/mol. The van der Waals surface area contributed by atoms with Gasteiger partial charge in [-0.2, -0.15) is 5.26 Å². The third-order valence-corrected chi connectivity index (χ3v) is 3.20. The van der Waals surface area contributed by atoms with Crippen LogP contribution in [0, 0.1) is 11.3 Å². The van der Waals surface area contributed by atoms with E-state index in [9.17, 15) is 0 Å². The van der Waals surface area contributed by atoms with Gasteiger partial charge in [0, 0.05) is 18.3 Å². The number of rotatable bonds is 6. The molecule has 0 bridgehead atoms. The minimum Gasteiger partial charge on any atom is -0.439 e. The predicted molar refractivity (Wildman–Crippen MR) is 82.2 cm³/mol. The second kappa shape index (κ2) is 7.41. The van der Waals surface area contributed by atoms with Gasteiger partial charge in [0.25, 0.3) is 0 Å². The summed E-state index contributed by atoms with van der Waals surface area (Å²) in [6.45, 7) is 5.11. The zero-order chi connectivity index (χ0) is 15.1. The van der Waals surface area contributed by atoms with Crippen molar-refractivity contribution >= 4 is 0 Å². The van der Waals surface area contributed by atoms with Gasteiger partial charge in [0.05, 0.1) is 12.5 Å². The van der Waals surface area contributed by atoms with Crippen LogP contribution in [0.5, 0.6) is 11.6 Å². The molecule has 1 N–H and O–H groups in total. The minimum absolute atomic E-state index is 0.279. The summed E-state index contributed by atoms with van der Waals surface area (Å²) < 4.78 is 5.69. The van der Waals surface area contributed by atoms with Crippen molar-refractivity contribution in [1.82, 2.24) is 10.3 Å². The Balaban J connectivity index is 2.01. The topological polar surface area (TPSA) is 57.9 Å². The molecule has 0 spiro atoms. The van der Waals surface area contributed by atoms with E-state index in [2.05, 4.69) is 30.2 Å². The number of nitriles is 1. The molecule has 21 heavy (non-hydrogen) atoms. The van der Waals surface area contributed by atoms with E-state index < -0.39 is 0 Å². The third-order valence-electron chi connectivity index (χ3n) is 3.20. The van der Waals surface area contributed by atoms with Gasteiger partial charge in [-0.15, -0.1) is 0 Å². The van der Waals surface area contributed by atoms with E-state index in [1.165, 1.54) is 0 Å². The number of nitrogens with one attached hydrogen (secondary N) is 1. The SMILES string of the molecule is CCNC(C)c1ccc(Oc2ccc(CC#N)cc2)nc1. The van der Waals surface area contributed by atoms with Gasteiger partial charge in [0.2, 0.25) is 5.88 Å². The van der Waals surface area contributed by atoms with Crippen LogP contribution in [0.25, 0.3) is 0 Å². The standard InChI is InChI=1S/C17H19N3O/c1-3-19-13(2)15-6-9-17(20-12-15)21-16-7-4-14(5-8-16)10-11-18/h4-9,12-13,19H,3,10H2,1-2H3. The highest BCUT2D eigenvalue weighted by molar-refractivity contribution is 5.32. The molecule has 1 heterocycles. The van der Waals surface area contributed by atoms with Crippen molar-refractivity contribution in [2.75, 3.05) is 6.54 Å². The maximum atomic E-state index is 8.64. The summed E-state index contributed by atoms with van der Waals surface area (Å²) in [5, 5.41) is 12.0. The first kappa shape index (κ1) is 15.0. The van der Waals surface area contributed by atoms with Crippen molar-refractivity contribution in [2.24, 2.45) is 0 Å². The van der Waals surface area contributed by atoms with Gasteiger partial charge < -0.3 is 10.1 Å². The second-order valence-electron chi connectivity index (χ2n) is 4.79. The van der Waals surface area contributed by atoms with Crippen LogP contribution in [-0.2, 0) is 6.42 Å². The normalized spacial score (nSPS) is 11.7. The summed E-state index contributed by atoms with van der Waals surface area (Å²) in [7, 11) is 0. The molecule has 0 aliphatic rings. The van der Waals surface area contributed by atoms with Crippen LogP contribution in [0.1, 0.15) is 31.0 Å². The smallest absolute Gasteiger partial charge is 0.219 e. The Morgan fingerprint density at radius 1 is 1.24 bits per heavy atom. The third kappa shape index (κ3) is 4.30. The van der Waals surface area contributed by atoms with Gasteiger partial charge in [-0.1, -0.05) is 25.1 Å². The quantitative estimate of drug-likeness (QED) is 0.878. The molecule has 1 aromatic carbocycles. The van der Waals surface area contributed by atoms with Crippen LogP contribution < -0.4 is 10.1 Å². The first-order valence-corrected chi connectivity index (χ1v) is 7.06. The fraction of sp³-hybridized carbons (Fsp3) is 0.294. The Bertz CT molecular complexity index is 599. The number of pyridine rings is 1. The number of hydrogen-bond acceptors (Lipinski definition) is 4. The second-order valence-corrected chi connectivity index (χ2v) is 4.79. The Morgan fingerprint density at radius 2 is 2.00 bits per heavy atom. The molecule has 0 amide bonds. The van der Waals surface area contributed by atoms with E-state index in [1.807, 2.05) is 42.6 Å². The Labute approximate surface area is 125 Å². The lowest BCUT2D eigenvalue weighted by atomic mass is 10.1. The molecule has 0 fully saturated rings. The number of hydrogen-bond donors (Lipinski definition) is 1. The number of aromatic nitrogens is 1. The van der Waals surface area contributed by atoms with Crippen molar-refractivity contribution in [3.05, 3.63) is 53.7 Å². The molecule has 0 aliphatic heterocycles. The molecule has 0 saturated carbocycles. The number of benzene rings is 1. The van der Waals surface area contributed by atoms with E-state index in [-0.39, 0.29) is 6.04 Å². The van der Waals surface area contributed by atoms with Crippen LogP contribution in [-0.4, -0.2) is 11.5 Å². The number of ether oxygens (including phenoxy) is 1. The molecule has 1 unspecified atom stereocenters. The molecule has 2 rings (SSSR count). The summed E-state index contributed by atoms with van der Waals surface area (Å²) in [5.74, 6) is 1.28. The van der Waals surface area contributed by atoms with E-state index in [1.54, 1.807) is 0 Å². The molecule has 4 nitrogen and oxygen atoms in total. The van der Waals surface area contributed by atoms with Crippen molar-refractivity contribution < 1.29 is 4.74 Å². The zero-order valence-electron chi connectivity index (χ0n) is 12.3. The highest BCUT2D eigenvalue weighted by Gasteiger charge is 2.05. The molecule has 4 heteroatoms. The maximum Gasteiger partial charge on any atom is 0.219 e. The molecule has 2 aromatic rings. The molecular formula is C17H19N3O. The average molecular weight is 281 g/mol. The van der Waals surface area contributed by atoms with Gasteiger partial charge in [-0.3, -0.25) is 0 Å². The highest BCUT2D eigenvalue weighted by Crippen LogP contribution is 2.21. The first-order valence-electron chi connectivity index (χ1n) is 7.06. The highest BCUT2D eigenvalue weighted by atomic mass is 16.5. The predicted octanol–water partition coefficient (Wildman–Crippen LogP) is 3.61. The molecule has 0 radical (unpaired) electrons. The molecule has 0 saturated heterocycles. The first-order chi connectivity index (χ1) is 10.2. The van der Waals surface area contributed by atoms with Gasteiger partial charge in [-0.25, -0.2) is 4.98 Å². The summed E-state index contributed by atoms with van der Waals surface area (Å²) in [6, 6.07) is 13.8. The summed E-state index contributed by atoms with van der Waals surface area (Å²) in [4.78, 5) is 4.32. The Hall–Kier alpha value is -2.38. The van der Waals surface area contributed by atoms with Crippen LogP contribution in [0.15, 0.2) is 42.6 Å². The minimum atomic E-state index is 0.279. The summed E-state index contributed by atoms with van der Waals surface area (Å²) >= 11 is 0. The van der Waals surface area contributed by atoms with Crippen molar-refractivity contribution in [2.45, 2.75) is 26.3 Å². The van der Waals surface area contributed by atoms with Crippen LogP contribution in [0.2, 0.25) is 0 Å². The van der Waals surface area contributed by atoms with Gasteiger partial charge in [0.1, 0.15) is 5.75 Å². The van der Waals surface area contributed by atoms with E-state index in [0.717, 1.165) is 23.4 Å². The van der Waals surface area contributed by atoms with Gasteiger partial charge in [0.15, 0.2) is 0 Å². The van der Waals surface area contributed by atoms with E-state index in [0.29, 0.717) is 12.3 Å². The maximum absolute atomic E-state index is 8.64. The Kier molecular flexibility index (Phi) is 5.30. The van der Waals surface area contributed by atoms with Crippen molar-refractivity contribution in [1.29, 1.82) is 5.26 Å². The largest absolute Gasteiger partial charge is 0.439 e. The molecule has 1 atom stereocenters. The molecular weight excluding hydrogens is 262 g/mol. The zero-order valence-corrected chi connectivity index (χ0v) is 12.3. The summed E-state index contributed by atoms with van der Waals surface area (Å²) in [5.41, 5.74) is 2.11. The van der Waals surface area contributed by atoms with E-state index >= 15 is 0 Å². The molecule has 108 valence electrons. The summed E-state index contributed by atoms with van der Waals surface area (Å²) in [6.07, 6.45) is 2.24. The lowest BCUT2D eigenvalue weighted by molar-refractivity contribution is 0.461.